The van der Waals surface area contributed by atoms with E-state index in [-0.39, 0.29) is 18.0 Å². The Hall–Kier alpha value is -1.32. The zero-order valence-corrected chi connectivity index (χ0v) is 12.2. The van der Waals surface area contributed by atoms with Crippen LogP contribution in [0.5, 0.6) is 0 Å². The van der Waals surface area contributed by atoms with E-state index in [0.29, 0.717) is 5.56 Å². The summed E-state index contributed by atoms with van der Waals surface area (Å²) in [5.41, 5.74) is 0.692. The molecule has 4 heteroatoms. The van der Waals surface area contributed by atoms with Crippen LogP contribution < -0.4 is 0 Å². The molecule has 0 aliphatic carbocycles. The van der Waals surface area contributed by atoms with Gasteiger partial charge in [0.15, 0.2) is 0 Å². The average molecular weight is 251 g/mol. The van der Waals surface area contributed by atoms with Gasteiger partial charge < -0.3 is 4.90 Å². The van der Waals surface area contributed by atoms with Gasteiger partial charge in [-0.1, -0.05) is 13.8 Å². The van der Waals surface area contributed by atoms with Gasteiger partial charge >= 0.3 is 0 Å². The fourth-order valence-corrected chi connectivity index (χ4v) is 2.02. The molecule has 0 aromatic carbocycles. The number of aryl methyl sites for hydroxylation is 1. The van der Waals surface area contributed by atoms with Gasteiger partial charge in [-0.2, -0.15) is 5.10 Å². The summed E-state index contributed by atoms with van der Waals surface area (Å²) in [5.74, 6) is 0.0957. The molecule has 2 atom stereocenters. The molecule has 4 nitrogen and oxygen atoms in total. The van der Waals surface area contributed by atoms with Crippen LogP contribution in [0.25, 0.3) is 0 Å². The zero-order chi connectivity index (χ0) is 13.7. The van der Waals surface area contributed by atoms with Gasteiger partial charge in [0.1, 0.15) is 0 Å². The largest absolute Gasteiger partial charge is 0.333 e. The van der Waals surface area contributed by atoms with Crippen molar-refractivity contribution in [2.24, 2.45) is 0 Å². The Labute approximate surface area is 110 Å². The number of hydrogen-bond donors (Lipinski definition) is 0. The van der Waals surface area contributed by atoms with Crippen LogP contribution in [-0.2, 0) is 6.54 Å². The molecule has 1 aromatic rings. The third-order valence-electron chi connectivity index (χ3n) is 3.57. The van der Waals surface area contributed by atoms with E-state index >= 15 is 0 Å². The lowest BCUT2D eigenvalue weighted by Gasteiger charge is -2.33. The van der Waals surface area contributed by atoms with Crippen LogP contribution in [0.2, 0.25) is 0 Å². The highest BCUT2D eigenvalue weighted by atomic mass is 16.2. The molecular formula is C14H25N3O. The fraction of sp³-hybridized carbons (Fsp3) is 0.714. The average Bonchev–Trinajstić information content (AvgIpc) is 2.86. The van der Waals surface area contributed by atoms with Gasteiger partial charge in [-0.25, -0.2) is 0 Å². The van der Waals surface area contributed by atoms with Crippen LogP contribution in [0.4, 0.5) is 0 Å². The first-order valence-corrected chi connectivity index (χ1v) is 6.90. The summed E-state index contributed by atoms with van der Waals surface area (Å²) >= 11 is 0. The molecule has 1 aromatic heterocycles. The van der Waals surface area contributed by atoms with Crippen LogP contribution in [0.3, 0.4) is 0 Å². The van der Waals surface area contributed by atoms with Crippen molar-refractivity contribution in [3.63, 3.8) is 0 Å². The van der Waals surface area contributed by atoms with Gasteiger partial charge in [-0.05, 0) is 33.6 Å². The van der Waals surface area contributed by atoms with Crippen LogP contribution in [0.15, 0.2) is 12.4 Å². The van der Waals surface area contributed by atoms with Crippen LogP contribution in [-0.4, -0.2) is 32.7 Å². The number of aromatic nitrogens is 2. The monoisotopic (exact) mass is 251 g/mol. The minimum atomic E-state index is 0.0957. The summed E-state index contributed by atoms with van der Waals surface area (Å²) in [5, 5.41) is 4.18. The maximum absolute atomic E-state index is 12.5. The second kappa shape index (κ2) is 6.57. The number of amides is 1. The lowest BCUT2D eigenvalue weighted by atomic mass is 10.1. The highest BCUT2D eigenvalue weighted by molar-refractivity contribution is 5.94. The van der Waals surface area contributed by atoms with E-state index in [1.54, 1.807) is 10.9 Å². The molecule has 1 amide bonds. The zero-order valence-electron chi connectivity index (χ0n) is 12.2. The van der Waals surface area contributed by atoms with E-state index in [0.717, 1.165) is 19.4 Å². The van der Waals surface area contributed by atoms with E-state index in [4.69, 9.17) is 0 Å². The molecule has 1 heterocycles. The van der Waals surface area contributed by atoms with E-state index in [2.05, 4.69) is 32.8 Å². The van der Waals surface area contributed by atoms with Crippen molar-refractivity contribution < 1.29 is 4.79 Å². The van der Waals surface area contributed by atoms with Gasteiger partial charge in [0, 0.05) is 24.8 Å². The van der Waals surface area contributed by atoms with Crippen LogP contribution in [0.1, 0.15) is 57.8 Å². The quantitative estimate of drug-likeness (QED) is 0.779. The second-order valence-electron chi connectivity index (χ2n) is 4.81. The highest BCUT2D eigenvalue weighted by Crippen LogP contribution is 2.16. The summed E-state index contributed by atoms with van der Waals surface area (Å²) in [6.45, 7) is 11.2. The Morgan fingerprint density at radius 3 is 2.22 bits per heavy atom. The number of carbonyl (C=O) groups excluding carboxylic acids is 1. The van der Waals surface area contributed by atoms with Crippen molar-refractivity contribution in [2.75, 3.05) is 0 Å². The molecule has 18 heavy (non-hydrogen) atoms. The number of carbonyl (C=O) groups is 1. The second-order valence-corrected chi connectivity index (χ2v) is 4.81. The maximum Gasteiger partial charge on any atom is 0.257 e. The van der Waals surface area contributed by atoms with E-state index in [1.807, 2.05) is 18.0 Å². The Kier molecular flexibility index (Phi) is 5.38. The third kappa shape index (κ3) is 3.12. The molecule has 1 rings (SSSR count). The smallest absolute Gasteiger partial charge is 0.257 e. The first-order valence-electron chi connectivity index (χ1n) is 6.90. The standard InChI is InChI=1S/C14H25N3O/c1-6-11(4)17(12(5)7-2)14(18)13-9-15-16(8-3)10-13/h9-12H,6-8H2,1-5H3/t11-,12+. The van der Waals surface area contributed by atoms with Crippen LogP contribution >= 0.6 is 0 Å². The van der Waals surface area contributed by atoms with Gasteiger partial charge in [0.05, 0.1) is 11.8 Å². The molecule has 0 fully saturated rings. The molecule has 0 aliphatic rings. The maximum atomic E-state index is 12.5. The SMILES string of the molecule is CC[C@@H](C)N(C(=O)c1cnn(CC)c1)[C@@H](C)CC. The fourth-order valence-electron chi connectivity index (χ4n) is 2.02. The first-order chi connectivity index (χ1) is 8.54. The molecule has 0 spiro atoms. The van der Waals surface area contributed by atoms with E-state index in [1.165, 1.54) is 0 Å². The Balaban J connectivity index is 2.94. The molecule has 0 radical (unpaired) electrons. The van der Waals surface area contributed by atoms with Gasteiger partial charge in [0.25, 0.3) is 5.91 Å². The molecule has 0 unspecified atom stereocenters. The predicted octanol–water partition coefficient (Wildman–Crippen LogP) is 2.94. The Bertz CT molecular complexity index is 376. The summed E-state index contributed by atoms with van der Waals surface area (Å²) in [4.78, 5) is 14.5. The van der Waals surface area contributed by atoms with E-state index < -0.39 is 0 Å². The minimum Gasteiger partial charge on any atom is -0.333 e. The summed E-state index contributed by atoms with van der Waals surface area (Å²) in [6, 6.07) is 0.523. The van der Waals surface area contributed by atoms with Crippen molar-refractivity contribution in [3.8, 4) is 0 Å². The summed E-state index contributed by atoms with van der Waals surface area (Å²) in [7, 11) is 0. The molecular weight excluding hydrogens is 226 g/mol. The van der Waals surface area contributed by atoms with Gasteiger partial charge in [-0.3, -0.25) is 9.48 Å². The third-order valence-corrected chi connectivity index (χ3v) is 3.57. The number of hydrogen-bond acceptors (Lipinski definition) is 2. The van der Waals surface area contributed by atoms with Gasteiger partial charge in [0.2, 0.25) is 0 Å². The van der Waals surface area contributed by atoms with Crippen molar-refractivity contribution in [2.45, 2.75) is 66.1 Å². The van der Waals surface area contributed by atoms with Crippen molar-refractivity contribution in [1.29, 1.82) is 0 Å². The lowest BCUT2D eigenvalue weighted by Crippen LogP contribution is -2.44. The molecule has 0 saturated carbocycles. The molecule has 102 valence electrons. The van der Waals surface area contributed by atoms with Crippen LogP contribution in [0, 0.1) is 0 Å². The molecule has 0 bridgehead atoms. The first kappa shape index (κ1) is 14.7. The number of rotatable bonds is 6. The number of nitrogens with zero attached hydrogens (tertiary/aromatic N) is 3. The molecule has 0 aliphatic heterocycles. The van der Waals surface area contributed by atoms with E-state index in [9.17, 15) is 4.79 Å². The topological polar surface area (TPSA) is 38.1 Å². The summed E-state index contributed by atoms with van der Waals surface area (Å²) in [6.07, 6.45) is 5.44. The Morgan fingerprint density at radius 2 is 1.83 bits per heavy atom. The minimum absolute atomic E-state index is 0.0957. The van der Waals surface area contributed by atoms with Crippen molar-refractivity contribution in [3.05, 3.63) is 18.0 Å². The lowest BCUT2D eigenvalue weighted by molar-refractivity contribution is 0.0598. The molecule has 0 saturated heterocycles. The molecule has 0 N–H and O–H groups in total. The van der Waals surface area contributed by atoms with Crippen molar-refractivity contribution in [1.82, 2.24) is 14.7 Å². The predicted molar refractivity (Wildman–Crippen MR) is 73.6 cm³/mol. The summed E-state index contributed by atoms with van der Waals surface area (Å²) < 4.78 is 1.79. The highest BCUT2D eigenvalue weighted by Gasteiger charge is 2.25. The normalized spacial score (nSPS) is 14.3. The van der Waals surface area contributed by atoms with Crippen molar-refractivity contribution >= 4 is 5.91 Å². The van der Waals surface area contributed by atoms with Gasteiger partial charge in [-0.15, -0.1) is 0 Å². The Morgan fingerprint density at radius 1 is 1.28 bits per heavy atom.